The first-order valence-corrected chi connectivity index (χ1v) is 9.29. The number of ether oxygens (including phenoxy) is 2. The minimum Gasteiger partial charge on any atom is -0.445 e. The summed E-state index contributed by atoms with van der Waals surface area (Å²) in [6, 6.07) is 9.01. The molecule has 0 bridgehead atoms. The average Bonchev–Trinajstić information content (AvgIpc) is 2.88. The molecule has 0 aromatic heterocycles. The van der Waals surface area contributed by atoms with Crippen molar-refractivity contribution < 1.29 is 24.2 Å². The molecule has 1 aliphatic rings. The van der Waals surface area contributed by atoms with Crippen molar-refractivity contribution in [2.24, 2.45) is 5.92 Å². The summed E-state index contributed by atoms with van der Waals surface area (Å²) < 4.78 is 10.6. The Hall–Kier alpha value is -2.28. The Morgan fingerprint density at radius 2 is 1.93 bits per heavy atom. The summed E-state index contributed by atoms with van der Waals surface area (Å²) in [6.45, 7) is 8.23. The summed E-state index contributed by atoms with van der Waals surface area (Å²) in [4.78, 5) is 25.8. The van der Waals surface area contributed by atoms with Gasteiger partial charge in [-0.15, -0.1) is 0 Å². The topological polar surface area (TPSA) is 88.1 Å². The van der Waals surface area contributed by atoms with Crippen LogP contribution in [0.5, 0.6) is 0 Å². The van der Waals surface area contributed by atoms with Gasteiger partial charge in [0.25, 0.3) is 0 Å². The van der Waals surface area contributed by atoms with Crippen molar-refractivity contribution >= 4 is 12.2 Å². The molecular weight excluding hydrogens is 348 g/mol. The van der Waals surface area contributed by atoms with E-state index in [1.165, 1.54) is 0 Å². The molecular formula is C20H30N2O5. The highest BCUT2D eigenvalue weighted by molar-refractivity contribution is 5.69. The predicted molar refractivity (Wildman–Crippen MR) is 101 cm³/mol. The second kappa shape index (κ2) is 9.08. The van der Waals surface area contributed by atoms with Crippen LogP contribution >= 0.6 is 0 Å². The standard InChI is InChI=1S/C20H30N2O5/c1-14-12-22(19(25)27-20(2,3)4)16(17(14)23)10-11-21-18(24)26-13-15-8-6-5-7-9-15/h5-9,14,16-17,23H,10-13H2,1-4H3,(H,21,24). The molecule has 2 amide bonds. The zero-order chi connectivity index (χ0) is 20.0. The molecule has 1 aromatic rings. The maximum Gasteiger partial charge on any atom is 0.410 e. The highest BCUT2D eigenvalue weighted by atomic mass is 16.6. The van der Waals surface area contributed by atoms with E-state index in [4.69, 9.17) is 9.47 Å². The Morgan fingerprint density at radius 3 is 2.56 bits per heavy atom. The highest BCUT2D eigenvalue weighted by Crippen LogP contribution is 2.27. The number of benzene rings is 1. The Kier molecular flexibility index (Phi) is 7.07. The van der Waals surface area contributed by atoms with Gasteiger partial charge in [0.15, 0.2) is 0 Å². The third-order valence-corrected chi connectivity index (χ3v) is 4.41. The van der Waals surface area contributed by atoms with Crippen molar-refractivity contribution in [1.82, 2.24) is 10.2 Å². The first-order chi connectivity index (χ1) is 12.7. The molecule has 27 heavy (non-hydrogen) atoms. The summed E-state index contributed by atoms with van der Waals surface area (Å²) in [7, 11) is 0. The van der Waals surface area contributed by atoms with Gasteiger partial charge in [0, 0.05) is 19.0 Å². The van der Waals surface area contributed by atoms with E-state index in [9.17, 15) is 14.7 Å². The molecule has 3 atom stereocenters. The number of rotatable bonds is 5. The summed E-state index contributed by atoms with van der Waals surface area (Å²) in [5.74, 6) is -0.0486. The molecule has 7 heteroatoms. The molecule has 1 fully saturated rings. The third kappa shape index (κ3) is 6.43. The second-order valence-electron chi connectivity index (χ2n) is 7.95. The van der Waals surface area contributed by atoms with E-state index in [1.807, 2.05) is 37.3 Å². The molecule has 0 spiro atoms. The second-order valence-corrected chi connectivity index (χ2v) is 7.95. The van der Waals surface area contributed by atoms with Crippen LogP contribution in [0.1, 0.15) is 39.7 Å². The van der Waals surface area contributed by atoms with Gasteiger partial charge in [-0.3, -0.25) is 0 Å². The number of hydrogen-bond donors (Lipinski definition) is 2. The number of alkyl carbamates (subject to hydrolysis) is 1. The number of aliphatic hydroxyl groups excluding tert-OH is 1. The minimum absolute atomic E-state index is 0.0486. The van der Waals surface area contributed by atoms with Crippen molar-refractivity contribution in [3.63, 3.8) is 0 Å². The molecule has 3 unspecified atom stereocenters. The smallest absolute Gasteiger partial charge is 0.410 e. The lowest BCUT2D eigenvalue weighted by atomic mass is 10.0. The number of hydrogen-bond acceptors (Lipinski definition) is 5. The average molecular weight is 378 g/mol. The van der Waals surface area contributed by atoms with Gasteiger partial charge in [-0.25, -0.2) is 9.59 Å². The van der Waals surface area contributed by atoms with Crippen LogP contribution in [-0.2, 0) is 16.1 Å². The van der Waals surface area contributed by atoms with Gasteiger partial charge in [0.2, 0.25) is 0 Å². The number of nitrogens with one attached hydrogen (secondary N) is 1. The fraction of sp³-hybridized carbons (Fsp3) is 0.600. The number of carbonyl (C=O) groups excluding carboxylic acids is 2. The fourth-order valence-corrected chi connectivity index (χ4v) is 3.07. The molecule has 0 saturated carbocycles. The zero-order valence-corrected chi connectivity index (χ0v) is 16.5. The molecule has 150 valence electrons. The van der Waals surface area contributed by atoms with E-state index < -0.39 is 29.9 Å². The van der Waals surface area contributed by atoms with Gasteiger partial charge in [0.1, 0.15) is 12.2 Å². The fourth-order valence-electron chi connectivity index (χ4n) is 3.07. The maximum absolute atomic E-state index is 12.4. The lowest BCUT2D eigenvalue weighted by Crippen LogP contribution is -2.44. The van der Waals surface area contributed by atoms with E-state index in [0.717, 1.165) is 5.56 Å². The van der Waals surface area contributed by atoms with E-state index in [-0.39, 0.29) is 12.5 Å². The predicted octanol–water partition coefficient (Wildman–Crippen LogP) is 2.92. The van der Waals surface area contributed by atoms with Gasteiger partial charge in [-0.05, 0) is 32.8 Å². The van der Waals surface area contributed by atoms with Crippen LogP contribution < -0.4 is 5.32 Å². The Labute approximate surface area is 160 Å². The number of nitrogens with zero attached hydrogens (tertiary/aromatic N) is 1. The molecule has 2 N–H and O–H groups in total. The quantitative estimate of drug-likeness (QED) is 0.822. The Morgan fingerprint density at radius 1 is 1.26 bits per heavy atom. The molecule has 1 aromatic carbocycles. The van der Waals surface area contributed by atoms with Crippen LogP contribution in [0.15, 0.2) is 30.3 Å². The number of carbonyl (C=O) groups is 2. The maximum atomic E-state index is 12.4. The van der Waals surface area contributed by atoms with Gasteiger partial charge in [-0.2, -0.15) is 0 Å². The Bertz CT molecular complexity index is 629. The highest BCUT2D eigenvalue weighted by Gasteiger charge is 2.42. The van der Waals surface area contributed by atoms with Crippen LogP contribution in [0.4, 0.5) is 9.59 Å². The molecule has 7 nitrogen and oxygen atoms in total. The molecule has 0 aliphatic carbocycles. The molecule has 1 saturated heterocycles. The molecule has 1 heterocycles. The van der Waals surface area contributed by atoms with Crippen molar-refractivity contribution in [1.29, 1.82) is 0 Å². The van der Waals surface area contributed by atoms with Crippen LogP contribution in [0.2, 0.25) is 0 Å². The summed E-state index contributed by atoms with van der Waals surface area (Å²) in [6.07, 6.45) is -1.20. The van der Waals surface area contributed by atoms with Gasteiger partial charge in [-0.1, -0.05) is 37.3 Å². The van der Waals surface area contributed by atoms with E-state index in [2.05, 4.69) is 5.32 Å². The number of aliphatic hydroxyl groups is 1. The van der Waals surface area contributed by atoms with Crippen molar-refractivity contribution in [2.75, 3.05) is 13.1 Å². The van der Waals surface area contributed by atoms with Crippen molar-refractivity contribution in [2.45, 2.75) is 58.5 Å². The van der Waals surface area contributed by atoms with Gasteiger partial charge in [0.05, 0.1) is 12.1 Å². The third-order valence-electron chi connectivity index (χ3n) is 4.41. The van der Waals surface area contributed by atoms with Gasteiger partial charge >= 0.3 is 12.2 Å². The largest absolute Gasteiger partial charge is 0.445 e. The number of likely N-dealkylation sites (tertiary alicyclic amines) is 1. The monoisotopic (exact) mass is 378 g/mol. The zero-order valence-electron chi connectivity index (χ0n) is 16.5. The minimum atomic E-state index is -0.653. The number of amides is 2. The lowest BCUT2D eigenvalue weighted by molar-refractivity contribution is 0.0143. The normalized spacial score (nSPS) is 22.4. The molecule has 1 aliphatic heterocycles. The summed E-state index contributed by atoms with van der Waals surface area (Å²) in [5, 5.41) is 13.1. The first-order valence-electron chi connectivity index (χ1n) is 9.29. The van der Waals surface area contributed by atoms with Crippen molar-refractivity contribution in [3.8, 4) is 0 Å². The van der Waals surface area contributed by atoms with Crippen molar-refractivity contribution in [3.05, 3.63) is 35.9 Å². The van der Waals surface area contributed by atoms with E-state index >= 15 is 0 Å². The van der Waals surface area contributed by atoms with Crippen LogP contribution in [-0.4, -0.2) is 53.0 Å². The SMILES string of the molecule is CC1CN(C(=O)OC(C)(C)C)C(CCNC(=O)OCc2ccccc2)C1O. The van der Waals surface area contributed by atoms with E-state index in [1.54, 1.807) is 25.7 Å². The Balaban J connectivity index is 1.81. The van der Waals surface area contributed by atoms with Gasteiger partial charge < -0.3 is 24.8 Å². The summed E-state index contributed by atoms with van der Waals surface area (Å²) >= 11 is 0. The van der Waals surface area contributed by atoms with Crippen LogP contribution in [0.25, 0.3) is 0 Å². The van der Waals surface area contributed by atoms with Crippen LogP contribution in [0, 0.1) is 5.92 Å². The van der Waals surface area contributed by atoms with E-state index in [0.29, 0.717) is 19.5 Å². The first kappa shape index (κ1) is 21.0. The van der Waals surface area contributed by atoms with Crippen LogP contribution in [0.3, 0.4) is 0 Å². The molecule has 2 rings (SSSR count). The molecule has 0 radical (unpaired) electrons. The summed E-state index contributed by atoms with van der Waals surface area (Å²) in [5.41, 5.74) is 0.307. The lowest BCUT2D eigenvalue weighted by Gasteiger charge is -2.29.